The van der Waals surface area contributed by atoms with E-state index in [0.29, 0.717) is 23.8 Å². The van der Waals surface area contributed by atoms with Gasteiger partial charge in [0, 0.05) is 25.2 Å². The average molecular weight is 262 g/mol. The van der Waals surface area contributed by atoms with Crippen molar-refractivity contribution in [3.05, 3.63) is 23.9 Å². The molecular formula is C13H18N4O2. The SMILES string of the molecule is NNc1ccc(C(=O)N2CC3CCC(O)C3C2)cn1. The maximum atomic E-state index is 12.3. The van der Waals surface area contributed by atoms with Gasteiger partial charge in [-0.15, -0.1) is 0 Å². The fourth-order valence-electron chi connectivity index (χ4n) is 3.19. The zero-order valence-corrected chi connectivity index (χ0v) is 10.6. The minimum Gasteiger partial charge on any atom is -0.393 e. The number of nitrogens with two attached hydrogens (primary N) is 1. The number of aliphatic hydroxyl groups is 1. The van der Waals surface area contributed by atoms with Crippen molar-refractivity contribution >= 4 is 11.7 Å². The molecule has 1 saturated carbocycles. The van der Waals surface area contributed by atoms with Gasteiger partial charge in [-0.2, -0.15) is 0 Å². The van der Waals surface area contributed by atoms with E-state index in [9.17, 15) is 9.90 Å². The van der Waals surface area contributed by atoms with Crippen molar-refractivity contribution in [2.75, 3.05) is 18.5 Å². The van der Waals surface area contributed by atoms with Gasteiger partial charge in [0.25, 0.3) is 5.91 Å². The largest absolute Gasteiger partial charge is 0.393 e. The van der Waals surface area contributed by atoms with Gasteiger partial charge in [0.15, 0.2) is 0 Å². The highest BCUT2D eigenvalue weighted by molar-refractivity contribution is 5.94. The maximum absolute atomic E-state index is 12.3. The Hall–Kier alpha value is -1.66. The van der Waals surface area contributed by atoms with E-state index in [1.807, 2.05) is 4.90 Å². The van der Waals surface area contributed by atoms with Crippen molar-refractivity contribution in [2.24, 2.45) is 17.7 Å². The van der Waals surface area contributed by atoms with Gasteiger partial charge in [-0.3, -0.25) is 4.79 Å². The first kappa shape index (κ1) is 12.4. The Bertz CT molecular complexity index is 476. The summed E-state index contributed by atoms with van der Waals surface area (Å²) in [6, 6.07) is 3.40. The van der Waals surface area contributed by atoms with Gasteiger partial charge in [-0.25, -0.2) is 10.8 Å². The number of nitrogens with zero attached hydrogens (tertiary/aromatic N) is 2. The van der Waals surface area contributed by atoms with Crippen LogP contribution in [0.4, 0.5) is 5.82 Å². The number of hydrazine groups is 1. The summed E-state index contributed by atoms with van der Waals surface area (Å²) in [6.45, 7) is 1.40. The number of pyridine rings is 1. The first-order chi connectivity index (χ1) is 9.19. The fourth-order valence-corrected chi connectivity index (χ4v) is 3.19. The van der Waals surface area contributed by atoms with Crippen molar-refractivity contribution in [2.45, 2.75) is 18.9 Å². The van der Waals surface area contributed by atoms with E-state index in [4.69, 9.17) is 5.84 Å². The van der Waals surface area contributed by atoms with Crippen LogP contribution in [0.3, 0.4) is 0 Å². The van der Waals surface area contributed by atoms with E-state index in [0.717, 1.165) is 19.4 Å². The molecule has 2 fully saturated rings. The van der Waals surface area contributed by atoms with Gasteiger partial charge >= 0.3 is 0 Å². The number of amides is 1. The van der Waals surface area contributed by atoms with Crippen LogP contribution in [0.15, 0.2) is 18.3 Å². The molecule has 6 heteroatoms. The Morgan fingerprint density at radius 1 is 1.42 bits per heavy atom. The quantitative estimate of drug-likeness (QED) is 0.523. The lowest BCUT2D eigenvalue weighted by Crippen LogP contribution is -2.31. The molecule has 2 aliphatic rings. The summed E-state index contributed by atoms with van der Waals surface area (Å²) in [4.78, 5) is 18.2. The molecule has 1 aromatic heterocycles. The van der Waals surface area contributed by atoms with Crippen molar-refractivity contribution < 1.29 is 9.90 Å². The third-order valence-corrected chi connectivity index (χ3v) is 4.26. The van der Waals surface area contributed by atoms with Crippen LogP contribution in [0.1, 0.15) is 23.2 Å². The van der Waals surface area contributed by atoms with Gasteiger partial charge in [0.05, 0.1) is 11.7 Å². The highest BCUT2D eigenvalue weighted by Gasteiger charge is 2.43. The molecule has 19 heavy (non-hydrogen) atoms. The fraction of sp³-hybridized carbons (Fsp3) is 0.538. The predicted octanol–water partition coefficient (Wildman–Crippen LogP) is 0.210. The van der Waals surface area contributed by atoms with Crippen LogP contribution in [0, 0.1) is 11.8 Å². The van der Waals surface area contributed by atoms with Gasteiger partial charge < -0.3 is 15.4 Å². The molecule has 1 aliphatic heterocycles. The molecule has 3 unspecified atom stereocenters. The summed E-state index contributed by atoms with van der Waals surface area (Å²) in [5.74, 6) is 6.46. The molecule has 3 atom stereocenters. The van der Waals surface area contributed by atoms with Crippen LogP contribution in [-0.4, -0.2) is 40.1 Å². The number of fused-ring (bicyclic) bond motifs is 1. The zero-order chi connectivity index (χ0) is 13.4. The van der Waals surface area contributed by atoms with Gasteiger partial charge in [-0.1, -0.05) is 0 Å². The number of carbonyl (C=O) groups is 1. The minimum atomic E-state index is -0.246. The number of nitrogen functional groups attached to an aromatic ring is 1. The third-order valence-electron chi connectivity index (χ3n) is 4.26. The smallest absolute Gasteiger partial charge is 0.255 e. The molecule has 1 saturated heterocycles. The molecule has 1 aromatic rings. The lowest BCUT2D eigenvalue weighted by molar-refractivity contribution is 0.0752. The Balaban J connectivity index is 1.71. The molecule has 0 spiro atoms. The highest BCUT2D eigenvalue weighted by Crippen LogP contribution is 2.38. The second kappa shape index (κ2) is 4.79. The first-order valence-electron chi connectivity index (χ1n) is 6.59. The molecule has 0 radical (unpaired) electrons. The second-order valence-corrected chi connectivity index (χ2v) is 5.36. The first-order valence-corrected chi connectivity index (χ1v) is 6.59. The van der Waals surface area contributed by atoms with E-state index in [2.05, 4.69) is 10.4 Å². The molecule has 0 bridgehead atoms. The van der Waals surface area contributed by atoms with Crippen molar-refractivity contribution in [1.29, 1.82) is 0 Å². The minimum absolute atomic E-state index is 0.0160. The number of aliphatic hydroxyl groups excluding tert-OH is 1. The molecule has 1 aliphatic carbocycles. The van der Waals surface area contributed by atoms with Crippen LogP contribution < -0.4 is 11.3 Å². The molecule has 2 heterocycles. The number of hydrogen-bond acceptors (Lipinski definition) is 5. The lowest BCUT2D eigenvalue weighted by Gasteiger charge is -2.18. The Morgan fingerprint density at radius 3 is 2.89 bits per heavy atom. The predicted molar refractivity (Wildman–Crippen MR) is 70.2 cm³/mol. The Morgan fingerprint density at radius 2 is 2.26 bits per heavy atom. The second-order valence-electron chi connectivity index (χ2n) is 5.36. The van der Waals surface area contributed by atoms with Gasteiger partial charge in [-0.05, 0) is 30.9 Å². The van der Waals surface area contributed by atoms with Gasteiger partial charge in [0.2, 0.25) is 0 Å². The van der Waals surface area contributed by atoms with Crippen LogP contribution in [-0.2, 0) is 0 Å². The lowest BCUT2D eigenvalue weighted by atomic mass is 10.00. The summed E-state index contributed by atoms with van der Waals surface area (Å²) < 4.78 is 0. The number of nitrogens with one attached hydrogen (secondary N) is 1. The number of aromatic nitrogens is 1. The standard InChI is InChI=1S/C13H18N4O2/c14-16-12-4-2-8(5-15-12)13(19)17-6-9-1-3-11(18)10(9)7-17/h2,4-5,9-11,18H,1,3,6-7,14H2,(H,15,16). The monoisotopic (exact) mass is 262 g/mol. The van der Waals surface area contributed by atoms with E-state index in [-0.39, 0.29) is 17.9 Å². The average Bonchev–Trinajstić information content (AvgIpc) is 3.01. The molecule has 0 aromatic carbocycles. The molecule has 4 N–H and O–H groups in total. The molecule has 6 nitrogen and oxygen atoms in total. The number of rotatable bonds is 2. The van der Waals surface area contributed by atoms with Crippen LogP contribution in [0.25, 0.3) is 0 Å². The normalized spacial score (nSPS) is 29.4. The topological polar surface area (TPSA) is 91.5 Å². The van der Waals surface area contributed by atoms with Crippen LogP contribution in [0.5, 0.6) is 0 Å². The molecule has 102 valence electrons. The Labute approximate surface area is 111 Å². The maximum Gasteiger partial charge on any atom is 0.255 e. The number of likely N-dealkylation sites (tertiary alicyclic amines) is 1. The summed E-state index contributed by atoms with van der Waals surface area (Å²) in [5, 5.41) is 9.87. The molecule has 3 rings (SSSR count). The van der Waals surface area contributed by atoms with Crippen LogP contribution in [0.2, 0.25) is 0 Å². The van der Waals surface area contributed by atoms with E-state index >= 15 is 0 Å². The van der Waals surface area contributed by atoms with E-state index < -0.39 is 0 Å². The van der Waals surface area contributed by atoms with E-state index in [1.54, 1.807) is 12.1 Å². The van der Waals surface area contributed by atoms with Crippen molar-refractivity contribution in [1.82, 2.24) is 9.88 Å². The summed E-state index contributed by atoms with van der Waals surface area (Å²) >= 11 is 0. The number of carbonyl (C=O) groups excluding carboxylic acids is 1. The summed E-state index contributed by atoms with van der Waals surface area (Å²) in [5.41, 5.74) is 3.00. The zero-order valence-electron chi connectivity index (χ0n) is 10.6. The van der Waals surface area contributed by atoms with Crippen LogP contribution >= 0.6 is 0 Å². The third kappa shape index (κ3) is 2.17. The number of hydrogen-bond donors (Lipinski definition) is 3. The molecular weight excluding hydrogens is 244 g/mol. The molecule has 1 amide bonds. The summed E-state index contributed by atoms with van der Waals surface area (Å²) in [7, 11) is 0. The van der Waals surface area contributed by atoms with Crippen molar-refractivity contribution in [3.63, 3.8) is 0 Å². The Kier molecular flexibility index (Phi) is 3.12. The summed E-state index contributed by atoms with van der Waals surface area (Å²) in [6.07, 6.45) is 3.17. The van der Waals surface area contributed by atoms with Gasteiger partial charge in [0.1, 0.15) is 5.82 Å². The number of anilines is 1. The van der Waals surface area contributed by atoms with E-state index in [1.165, 1.54) is 6.20 Å². The highest BCUT2D eigenvalue weighted by atomic mass is 16.3. The van der Waals surface area contributed by atoms with Crippen molar-refractivity contribution in [3.8, 4) is 0 Å².